The van der Waals surface area contributed by atoms with Gasteiger partial charge >= 0.3 is 0 Å². The van der Waals surface area contributed by atoms with E-state index in [1.807, 2.05) is 48.5 Å². The van der Waals surface area contributed by atoms with Crippen molar-refractivity contribution in [3.63, 3.8) is 0 Å². The highest BCUT2D eigenvalue weighted by Gasteiger charge is 2.12. The molecule has 1 heterocycles. The number of halogens is 1. The number of carbonyl (C=O) groups excluding carboxylic acids is 1. The second-order valence-corrected chi connectivity index (χ2v) is 6.91. The zero-order valence-electron chi connectivity index (χ0n) is 16.2. The molecule has 6 heteroatoms. The highest BCUT2D eigenvalue weighted by Crippen LogP contribution is 2.28. The molecule has 0 aliphatic rings. The van der Waals surface area contributed by atoms with Crippen molar-refractivity contribution in [2.24, 2.45) is 0 Å². The Kier molecular flexibility index (Phi) is 6.85. The Morgan fingerprint density at radius 3 is 2.64 bits per heavy atom. The smallest absolute Gasteiger partial charge is 0.253 e. The highest BCUT2D eigenvalue weighted by molar-refractivity contribution is 6.31. The average Bonchev–Trinajstić information content (AvgIpc) is 2.71. The van der Waals surface area contributed by atoms with E-state index in [1.54, 1.807) is 6.20 Å². The monoisotopic (exact) mass is 396 g/mol. The lowest BCUT2D eigenvalue weighted by molar-refractivity contribution is 0.0950. The molecular weight excluding hydrogens is 372 g/mol. The Morgan fingerprint density at radius 2 is 1.86 bits per heavy atom. The number of nitrogens with zero attached hydrogens (tertiary/aromatic N) is 2. The summed E-state index contributed by atoms with van der Waals surface area (Å²) in [5, 5.41) is 7.99. The van der Waals surface area contributed by atoms with Crippen molar-refractivity contribution in [3.8, 4) is 0 Å². The standard InChI is InChI=1S/C22H25ClN4O/c1-3-27(4-2)14-13-25-22(28)18-7-5-6-8-19(18)26-20-11-12-24-21-15-16(23)9-10-17(20)21/h5-12,15H,3-4,13-14H2,1-2H3,(H,24,26)(H,25,28). The number of hydrogen-bond donors (Lipinski definition) is 2. The minimum Gasteiger partial charge on any atom is -0.354 e. The molecule has 28 heavy (non-hydrogen) atoms. The quantitative estimate of drug-likeness (QED) is 0.579. The van der Waals surface area contributed by atoms with Crippen LogP contribution in [0.3, 0.4) is 0 Å². The zero-order chi connectivity index (χ0) is 19.9. The number of anilines is 2. The second kappa shape index (κ2) is 9.53. The van der Waals surface area contributed by atoms with Gasteiger partial charge in [0, 0.05) is 35.4 Å². The van der Waals surface area contributed by atoms with Crippen molar-refractivity contribution >= 4 is 39.8 Å². The van der Waals surface area contributed by atoms with Crippen LogP contribution in [0.2, 0.25) is 5.02 Å². The van der Waals surface area contributed by atoms with E-state index in [9.17, 15) is 4.79 Å². The van der Waals surface area contributed by atoms with E-state index < -0.39 is 0 Å². The Labute approximate surface area is 170 Å². The number of para-hydroxylation sites is 1. The number of benzene rings is 2. The Hall–Kier alpha value is -2.63. The number of likely N-dealkylation sites (N-methyl/N-ethyl adjacent to an activating group) is 1. The molecule has 0 saturated carbocycles. The molecule has 0 aliphatic carbocycles. The minimum atomic E-state index is -0.0864. The average molecular weight is 397 g/mol. The van der Waals surface area contributed by atoms with Gasteiger partial charge in [0.2, 0.25) is 0 Å². The molecular formula is C22H25ClN4O. The number of aromatic nitrogens is 1. The van der Waals surface area contributed by atoms with Gasteiger partial charge in [-0.15, -0.1) is 0 Å². The van der Waals surface area contributed by atoms with E-state index >= 15 is 0 Å². The van der Waals surface area contributed by atoms with Gasteiger partial charge in [-0.05, 0) is 49.5 Å². The lowest BCUT2D eigenvalue weighted by atomic mass is 10.1. The number of fused-ring (bicyclic) bond motifs is 1. The van der Waals surface area contributed by atoms with Crippen LogP contribution in [0.5, 0.6) is 0 Å². The van der Waals surface area contributed by atoms with E-state index in [2.05, 4.69) is 34.4 Å². The predicted octanol–water partition coefficient (Wildman–Crippen LogP) is 4.70. The first-order chi connectivity index (χ1) is 13.6. The van der Waals surface area contributed by atoms with Crippen molar-refractivity contribution in [3.05, 3.63) is 65.3 Å². The van der Waals surface area contributed by atoms with Crippen molar-refractivity contribution in [1.29, 1.82) is 0 Å². The maximum Gasteiger partial charge on any atom is 0.253 e. The van der Waals surface area contributed by atoms with Crippen LogP contribution < -0.4 is 10.6 Å². The number of carbonyl (C=O) groups is 1. The van der Waals surface area contributed by atoms with Gasteiger partial charge in [-0.25, -0.2) is 0 Å². The molecule has 0 saturated heterocycles. The molecule has 2 aromatic carbocycles. The van der Waals surface area contributed by atoms with Crippen LogP contribution in [0.15, 0.2) is 54.7 Å². The van der Waals surface area contributed by atoms with Crippen molar-refractivity contribution < 1.29 is 4.79 Å². The first-order valence-corrected chi connectivity index (χ1v) is 9.91. The minimum absolute atomic E-state index is 0.0864. The zero-order valence-corrected chi connectivity index (χ0v) is 17.0. The summed E-state index contributed by atoms with van der Waals surface area (Å²) in [6, 6.07) is 15.0. The van der Waals surface area contributed by atoms with Gasteiger partial charge in [0.15, 0.2) is 0 Å². The van der Waals surface area contributed by atoms with Gasteiger partial charge < -0.3 is 15.5 Å². The van der Waals surface area contributed by atoms with Crippen LogP contribution >= 0.6 is 11.6 Å². The van der Waals surface area contributed by atoms with Crippen LogP contribution in [0.25, 0.3) is 10.9 Å². The number of rotatable bonds is 8. The van der Waals surface area contributed by atoms with Gasteiger partial charge in [-0.1, -0.05) is 37.6 Å². The summed E-state index contributed by atoms with van der Waals surface area (Å²) >= 11 is 6.07. The molecule has 0 spiro atoms. The third-order valence-corrected chi connectivity index (χ3v) is 4.99. The van der Waals surface area contributed by atoms with Crippen molar-refractivity contribution in [2.45, 2.75) is 13.8 Å². The Balaban J connectivity index is 1.78. The Morgan fingerprint density at radius 1 is 1.07 bits per heavy atom. The molecule has 3 rings (SSSR count). The number of nitrogens with one attached hydrogen (secondary N) is 2. The van der Waals surface area contributed by atoms with Gasteiger partial charge in [-0.2, -0.15) is 0 Å². The van der Waals surface area contributed by atoms with E-state index in [-0.39, 0.29) is 5.91 Å². The molecule has 3 aromatic rings. The first kappa shape index (κ1) is 20.1. The fourth-order valence-electron chi connectivity index (χ4n) is 3.13. The SMILES string of the molecule is CCN(CC)CCNC(=O)c1ccccc1Nc1ccnc2cc(Cl)ccc12. The fourth-order valence-corrected chi connectivity index (χ4v) is 3.29. The molecule has 0 unspecified atom stereocenters. The maximum absolute atomic E-state index is 12.7. The molecule has 0 aliphatic heterocycles. The van der Waals surface area contributed by atoms with Crippen LogP contribution in [-0.2, 0) is 0 Å². The summed E-state index contributed by atoms with van der Waals surface area (Å²) in [5.74, 6) is -0.0864. The largest absolute Gasteiger partial charge is 0.354 e. The van der Waals surface area contributed by atoms with Crippen molar-refractivity contribution in [2.75, 3.05) is 31.5 Å². The molecule has 146 valence electrons. The van der Waals surface area contributed by atoms with Gasteiger partial charge in [0.05, 0.1) is 16.8 Å². The summed E-state index contributed by atoms with van der Waals surface area (Å²) in [6.45, 7) is 7.65. The molecule has 0 radical (unpaired) electrons. The third kappa shape index (κ3) is 4.80. The molecule has 0 bridgehead atoms. The highest BCUT2D eigenvalue weighted by atomic mass is 35.5. The van der Waals surface area contributed by atoms with Crippen LogP contribution in [0.1, 0.15) is 24.2 Å². The summed E-state index contributed by atoms with van der Waals surface area (Å²) < 4.78 is 0. The molecule has 2 N–H and O–H groups in total. The summed E-state index contributed by atoms with van der Waals surface area (Å²) in [6.07, 6.45) is 1.73. The van der Waals surface area contributed by atoms with E-state index in [0.717, 1.165) is 41.9 Å². The lowest BCUT2D eigenvalue weighted by Gasteiger charge is -2.18. The summed E-state index contributed by atoms with van der Waals surface area (Å²) in [7, 11) is 0. The van der Waals surface area contributed by atoms with Crippen LogP contribution in [0.4, 0.5) is 11.4 Å². The third-order valence-electron chi connectivity index (χ3n) is 4.75. The van der Waals surface area contributed by atoms with Gasteiger partial charge in [0.1, 0.15) is 0 Å². The number of amides is 1. The fraction of sp³-hybridized carbons (Fsp3) is 0.273. The second-order valence-electron chi connectivity index (χ2n) is 6.47. The Bertz CT molecular complexity index is 956. The van der Waals surface area contributed by atoms with Gasteiger partial charge in [0.25, 0.3) is 5.91 Å². The number of hydrogen-bond acceptors (Lipinski definition) is 4. The lowest BCUT2D eigenvalue weighted by Crippen LogP contribution is -2.35. The number of pyridine rings is 1. The molecule has 5 nitrogen and oxygen atoms in total. The van der Waals surface area contributed by atoms with Crippen LogP contribution in [-0.4, -0.2) is 42.0 Å². The summed E-state index contributed by atoms with van der Waals surface area (Å²) in [4.78, 5) is 19.4. The molecule has 1 amide bonds. The predicted molar refractivity (Wildman–Crippen MR) is 117 cm³/mol. The van der Waals surface area contributed by atoms with Crippen molar-refractivity contribution in [1.82, 2.24) is 15.2 Å². The van der Waals surface area contributed by atoms with E-state index in [4.69, 9.17) is 11.6 Å². The first-order valence-electron chi connectivity index (χ1n) is 9.53. The van der Waals surface area contributed by atoms with E-state index in [0.29, 0.717) is 17.1 Å². The van der Waals surface area contributed by atoms with Crippen LogP contribution in [0, 0.1) is 0 Å². The summed E-state index contributed by atoms with van der Waals surface area (Å²) in [5.41, 5.74) is 3.05. The maximum atomic E-state index is 12.7. The normalized spacial score (nSPS) is 11.0. The molecule has 1 aromatic heterocycles. The van der Waals surface area contributed by atoms with Gasteiger partial charge in [-0.3, -0.25) is 9.78 Å². The van der Waals surface area contributed by atoms with E-state index in [1.165, 1.54) is 0 Å². The molecule has 0 atom stereocenters. The molecule has 0 fully saturated rings. The topological polar surface area (TPSA) is 57.3 Å².